The lowest BCUT2D eigenvalue weighted by Crippen LogP contribution is -2.36. The summed E-state index contributed by atoms with van der Waals surface area (Å²) in [5, 5.41) is 5.42. The zero-order valence-electron chi connectivity index (χ0n) is 12.5. The van der Waals surface area contributed by atoms with Crippen LogP contribution in [0.3, 0.4) is 0 Å². The van der Waals surface area contributed by atoms with Crippen molar-refractivity contribution in [2.24, 2.45) is 0 Å². The minimum atomic E-state index is -0.212. The van der Waals surface area contributed by atoms with Gasteiger partial charge < -0.3 is 20.1 Å². The van der Waals surface area contributed by atoms with E-state index < -0.39 is 0 Å². The van der Waals surface area contributed by atoms with Crippen molar-refractivity contribution in [1.82, 2.24) is 10.6 Å². The number of ether oxygens (including phenoxy) is 2. The highest BCUT2D eigenvalue weighted by Gasteiger charge is 2.07. The maximum Gasteiger partial charge on any atom is 0.251 e. The molecule has 0 aliphatic heterocycles. The number of aryl methyl sites for hydroxylation is 1. The van der Waals surface area contributed by atoms with Crippen molar-refractivity contribution in [3.63, 3.8) is 0 Å². The fourth-order valence-electron chi connectivity index (χ4n) is 1.66. The Kier molecular flexibility index (Phi) is 8.08. The predicted octanol–water partition coefficient (Wildman–Crippen LogP) is 0.504. The van der Waals surface area contributed by atoms with E-state index in [0.29, 0.717) is 31.9 Å². The Morgan fingerprint density at radius 3 is 2.52 bits per heavy atom. The summed E-state index contributed by atoms with van der Waals surface area (Å²) in [4.78, 5) is 23.3. The summed E-state index contributed by atoms with van der Waals surface area (Å²) < 4.78 is 9.87. The van der Waals surface area contributed by atoms with Gasteiger partial charge in [0.15, 0.2) is 0 Å². The lowest BCUT2D eigenvalue weighted by Gasteiger charge is -2.09. The molecular formula is C15H22N2O4. The summed E-state index contributed by atoms with van der Waals surface area (Å²) in [6.07, 6.45) is 0. The van der Waals surface area contributed by atoms with E-state index >= 15 is 0 Å². The van der Waals surface area contributed by atoms with Gasteiger partial charge in [-0.2, -0.15) is 0 Å². The maximum atomic E-state index is 11.9. The molecule has 0 fully saturated rings. The third-order valence-electron chi connectivity index (χ3n) is 2.79. The molecule has 0 unspecified atom stereocenters. The van der Waals surface area contributed by atoms with Crippen molar-refractivity contribution in [2.75, 3.05) is 40.0 Å². The molecule has 0 radical (unpaired) electrons. The van der Waals surface area contributed by atoms with E-state index in [9.17, 15) is 9.59 Å². The lowest BCUT2D eigenvalue weighted by molar-refractivity contribution is -0.126. The van der Waals surface area contributed by atoms with Gasteiger partial charge in [-0.3, -0.25) is 9.59 Å². The summed E-state index contributed by atoms with van der Waals surface area (Å²) in [6.45, 7) is 3.46. The third-order valence-corrected chi connectivity index (χ3v) is 2.79. The van der Waals surface area contributed by atoms with Crippen molar-refractivity contribution >= 4 is 11.8 Å². The van der Waals surface area contributed by atoms with E-state index in [0.717, 1.165) is 5.56 Å². The summed E-state index contributed by atoms with van der Waals surface area (Å²) in [5.41, 5.74) is 1.57. The summed E-state index contributed by atoms with van der Waals surface area (Å²) in [6, 6.07) is 7.36. The molecule has 116 valence electrons. The number of carbonyl (C=O) groups excluding carboxylic acids is 2. The van der Waals surface area contributed by atoms with E-state index in [1.165, 1.54) is 0 Å². The molecule has 0 bridgehead atoms. The number of amides is 2. The molecule has 0 aliphatic rings. The van der Waals surface area contributed by atoms with Gasteiger partial charge in [-0.25, -0.2) is 0 Å². The first-order chi connectivity index (χ1) is 10.1. The monoisotopic (exact) mass is 294 g/mol. The lowest BCUT2D eigenvalue weighted by atomic mass is 10.1. The normalized spacial score (nSPS) is 10.2. The van der Waals surface area contributed by atoms with Crippen LogP contribution in [0.5, 0.6) is 0 Å². The molecule has 2 amide bonds. The minimum Gasteiger partial charge on any atom is -0.382 e. The Morgan fingerprint density at radius 2 is 1.81 bits per heavy atom. The van der Waals surface area contributed by atoms with Gasteiger partial charge in [0, 0.05) is 25.8 Å². The molecule has 0 aliphatic carbocycles. The predicted molar refractivity (Wildman–Crippen MR) is 79.2 cm³/mol. The number of hydrogen-bond donors (Lipinski definition) is 2. The molecule has 1 aromatic carbocycles. The maximum absolute atomic E-state index is 11.9. The second kappa shape index (κ2) is 9.90. The first kappa shape index (κ1) is 17.1. The van der Waals surface area contributed by atoms with Crippen molar-refractivity contribution in [3.05, 3.63) is 35.4 Å². The molecule has 2 N–H and O–H groups in total. The van der Waals surface area contributed by atoms with Gasteiger partial charge in [0.25, 0.3) is 5.91 Å². The molecule has 0 aromatic heterocycles. The largest absolute Gasteiger partial charge is 0.382 e. The quantitative estimate of drug-likeness (QED) is 0.650. The Hall–Kier alpha value is -1.92. The van der Waals surface area contributed by atoms with Crippen LogP contribution in [0, 0.1) is 6.92 Å². The topological polar surface area (TPSA) is 76.7 Å². The highest BCUT2D eigenvalue weighted by atomic mass is 16.5. The molecule has 6 nitrogen and oxygen atoms in total. The molecule has 21 heavy (non-hydrogen) atoms. The smallest absolute Gasteiger partial charge is 0.251 e. The van der Waals surface area contributed by atoms with E-state index in [1.54, 1.807) is 13.2 Å². The van der Waals surface area contributed by atoms with Gasteiger partial charge in [0.1, 0.15) is 6.61 Å². The Labute approximate surface area is 124 Å². The summed E-state index contributed by atoms with van der Waals surface area (Å²) in [5.74, 6) is -0.352. The van der Waals surface area contributed by atoms with E-state index in [-0.39, 0.29) is 18.4 Å². The average Bonchev–Trinajstić information content (AvgIpc) is 2.48. The van der Waals surface area contributed by atoms with Gasteiger partial charge in [-0.05, 0) is 18.6 Å². The molecule has 0 saturated carbocycles. The highest BCUT2D eigenvalue weighted by Crippen LogP contribution is 2.05. The second-order valence-electron chi connectivity index (χ2n) is 4.47. The van der Waals surface area contributed by atoms with Crippen LogP contribution in [0.4, 0.5) is 0 Å². The molecular weight excluding hydrogens is 272 g/mol. The van der Waals surface area contributed by atoms with Crippen LogP contribution in [0.2, 0.25) is 0 Å². The average molecular weight is 294 g/mol. The number of rotatable bonds is 9. The number of methoxy groups -OCH3 is 1. The molecule has 0 saturated heterocycles. The van der Waals surface area contributed by atoms with Crippen LogP contribution in [0.1, 0.15) is 15.9 Å². The first-order valence-corrected chi connectivity index (χ1v) is 6.82. The first-order valence-electron chi connectivity index (χ1n) is 6.82. The fourth-order valence-corrected chi connectivity index (χ4v) is 1.66. The zero-order valence-corrected chi connectivity index (χ0v) is 12.5. The Bertz CT molecular complexity index is 463. The number of hydrogen-bond acceptors (Lipinski definition) is 4. The number of nitrogens with one attached hydrogen (secondary N) is 2. The standard InChI is InChI=1S/C15H22N2O4/c1-12-5-3-4-6-13(12)15(19)17-8-7-16-14(18)11-21-10-9-20-2/h3-6H,7-11H2,1-2H3,(H,16,18)(H,17,19). The van der Waals surface area contributed by atoms with Gasteiger partial charge >= 0.3 is 0 Å². The summed E-state index contributed by atoms with van der Waals surface area (Å²) in [7, 11) is 1.57. The van der Waals surface area contributed by atoms with Crippen LogP contribution >= 0.6 is 0 Å². The van der Waals surface area contributed by atoms with E-state index in [1.807, 2.05) is 25.1 Å². The van der Waals surface area contributed by atoms with Crippen LogP contribution < -0.4 is 10.6 Å². The zero-order chi connectivity index (χ0) is 15.5. The molecule has 1 aromatic rings. The Morgan fingerprint density at radius 1 is 1.10 bits per heavy atom. The van der Waals surface area contributed by atoms with Crippen LogP contribution in [0.15, 0.2) is 24.3 Å². The van der Waals surface area contributed by atoms with Crippen LogP contribution in [-0.2, 0) is 14.3 Å². The number of carbonyl (C=O) groups is 2. The van der Waals surface area contributed by atoms with Crippen molar-refractivity contribution in [1.29, 1.82) is 0 Å². The van der Waals surface area contributed by atoms with Crippen LogP contribution in [-0.4, -0.2) is 51.8 Å². The molecule has 0 heterocycles. The van der Waals surface area contributed by atoms with Gasteiger partial charge in [0.2, 0.25) is 5.91 Å². The molecule has 6 heteroatoms. The van der Waals surface area contributed by atoms with Gasteiger partial charge in [0.05, 0.1) is 13.2 Å². The van der Waals surface area contributed by atoms with Crippen molar-refractivity contribution < 1.29 is 19.1 Å². The highest BCUT2D eigenvalue weighted by molar-refractivity contribution is 5.95. The third kappa shape index (κ3) is 6.87. The van der Waals surface area contributed by atoms with Crippen molar-refractivity contribution in [3.8, 4) is 0 Å². The Balaban J connectivity index is 2.15. The van der Waals surface area contributed by atoms with Crippen LogP contribution in [0.25, 0.3) is 0 Å². The number of benzene rings is 1. The molecule has 0 atom stereocenters. The van der Waals surface area contributed by atoms with E-state index in [2.05, 4.69) is 10.6 Å². The molecule has 0 spiro atoms. The minimum absolute atomic E-state index is 0.00486. The second-order valence-corrected chi connectivity index (χ2v) is 4.47. The summed E-state index contributed by atoms with van der Waals surface area (Å²) >= 11 is 0. The SMILES string of the molecule is COCCOCC(=O)NCCNC(=O)c1ccccc1C. The van der Waals surface area contributed by atoms with Gasteiger partial charge in [-0.15, -0.1) is 0 Å². The fraction of sp³-hybridized carbons (Fsp3) is 0.467. The van der Waals surface area contributed by atoms with Crippen molar-refractivity contribution in [2.45, 2.75) is 6.92 Å². The van der Waals surface area contributed by atoms with Gasteiger partial charge in [-0.1, -0.05) is 18.2 Å². The molecule has 1 rings (SSSR count). The van der Waals surface area contributed by atoms with E-state index in [4.69, 9.17) is 9.47 Å².